The molecule has 25 heavy (non-hydrogen) atoms. The predicted octanol–water partition coefficient (Wildman–Crippen LogP) is 0.651. The van der Waals surface area contributed by atoms with Crippen LogP contribution in [0.5, 0.6) is 0 Å². The van der Waals surface area contributed by atoms with Gasteiger partial charge in [-0.05, 0) is 12.5 Å². The molecule has 0 radical (unpaired) electrons. The first-order valence-electron chi connectivity index (χ1n) is 7.61. The van der Waals surface area contributed by atoms with Gasteiger partial charge in [-0.2, -0.15) is 9.18 Å². The van der Waals surface area contributed by atoms with Gasteiger partial charge in [-0.25, -0.2) is 10.2 Å². The zero-order valence-corrected chi connectivity index (χ0v) is 13.4. The summed E-state index contributed by atoms with van der Waals surface area (Å²) in [5.41, 5.74) is 1.81. The number of alkyl carbamates (subject to hydrolysis) is 1. The summed E-state index contributed by atoms with van der Waals surface area (Å²) in [4.78, 5) is 25.3. The van der Waals surface area contributed by atoms with E-state index < -0.39 is 36.1 Å². The normalized spacial score (nSPS) is 19.0. The SMILES string of the molecule is CC(C(=O)Nn1cc(CO)c(F)n1)(c1ccccc1)C1CNC(=O)O1. The average Bonchev–Trinajstić information content (AvgIpc) is 3.20. The number of hydrogen-bond acceptors (Lipinski definition) is 5. The molecule has 0 bridgehead atoms. The van der Waals surface area contributed by atoms with Gasteiger partial charge >= 0.3 is 6.09 Å². The Hall–Kier alpha value is -2.94. The van der Waals surface area contributed by atoms with Crippen molar-refractivity contribution >= 4 is 12.0 Å². The maximum atomic E-state index is 13.5. The van der Waals surface area contributed by atoms with Crippen LogP contribution in [0.25, 0.3) is 0 Å². The van der Waals surface area contributed by atoms with Crippen LogP contribution in [-0.4, -0.2) is 39.6 Å². The van der Waals surface area contributed by atoms with Crippen molar-refractivity contribution in [1.29, 1.82) is 0 Å². The molecule has 132 valence electrons. The molecule has 2 heterocycles. The number of aromatic nitrogens is 2. The Morgan fingerprint density at radius 2 is 2.24 bits per heavy atom. The number of cyclic esters (lactones) is 1. The lowest BCUT2D eigenvalue weighted by molar-refractivity contribution is -0.125. The number of ether oxygens (including phenoxy) is 1. The first kappa shape index (κ1) is 16.9. The standard InChI is InChI=1S/C16H17FN4O4/c1-16(11-5-3-2-4-6-11,12-7-18-15(24)25-12)14(23)20-21-8-10(9-22)13(17)19-21/h2-6,8,12,22H,7,9H2,1H3,(H,18,24)(H,20,23). The van der Waals surface area contributed by atoms with Crippen molar-refractivity contribution in [3.8, 4) is 0 Å². The smallest absolute Gasteiger partial charge is 0.407 e. The lowest BCUT2D eigenvalue weighted by Crippen LogP contribution is -2.50. The topological polar surface area (TPSA) is 105 Å². The number of hydrogen-bond donors (Lipinski definition) is 3. The highest BCUT2D eigenvalue weighted by Crippen LogP contribution is 2.32. The summed E-state index contributed by atoms with van der Waals surface area (Å²) >= 11 is 0. The molecule has 1 aromatic heterocycles. The Balaban J connectivity index is 1.93. The number of rotatable bonds is 5. The third-order valence-electron chi connectivity index (χ3n) is 4.30. The van der Waals surface area contributed by atoms with Gasteiger partial charge in [-0.3, -0.25) is 4.79 Å². The third kappa shape index (κ3) is 3.05. The van der Waals surface area contributed by atoms with Crippen molar-refractivity contribution in [2.24, 2.45) is 0 Å². The van der Waals surface area contributed by atoms with Crippen molar-refractivity contribution in [3.05, 3.63) is 53.6 Å². The van der Waals surface area contributed by atoms with Crippen LogP contribution in [-0.2, 0) is 21.6 Å². The van der Waals surface area contributed by atoms with Crippen LogP contribution in [0.4, 0.5) is 9.18 Å². The predicted molar refractivity (Wildman–Crippen MR) is 84.5 cm³/mol. The molecule has 1 aliphatic rings. The summed E-state index contributed by atoms with van der Waals surface area (Å²) < 4.78 is 18.7. The van der Waals surface area contributed by atoms with Crippen molar-refractivity contribution in [2.75, 3.05) is 12.0 Å². The Labute approximate surface area is 142 Å². The lowest BCUT2D eigenvalue weighted by atomic mass is 9.76. The van der Waals surface area contributed by atoms with Crippen molar-refractivity contribution < 1.29 is 23.8 Å². The van der Waals surface area contributed by atoms with Crippen LogP contribution in [0.3, 0.4) is 0 Å². The molecule has 1 aliphatic heterocycles. The summed E-state index contributed by atoms with van der Waals surface area (Å²) in [7, 11) is 0. The van der Waals surface area contributed by atoms with E-state index in [0.29, 0.717) is 5.56 Å². The molecule has 3 rings (SSSR count). The van der Waals surface area contributed by atoms with E-state index in [4.69, 9.17) is 9.84 Å². The molecule has 3 N–H and O–H groups in total. The number of carbonyl (C=O) groups is 2. The van der Waals surface area contributed by atoms with Gasteiger partial charge in [0, 0.05) is 0 Å². The van der Waals surface area contributed by atoms with Crippen LogP contribution in [0, 0.1) is 5.95 Å². The Kier molecular flexibility index (Phi) is 4.41. The summed E-state index contributed by atoms with van der Waals surface area (Å²) in [6, 6.07) is 8.82. The zero-order valence-electron chi connectivity index (χ0n) is 13.4. The molecule has 8 nitrogen and oxygen atoms in total. The van der Waals surface area contributed by atoms with Gasteiger partial charge in [0.15, 0.2) is 0 Å². The number of nitrogens with one attached hydrogen (secondary N) is 2. The van der Waals surface area contributed by atoms with Gasteiger partial charge in [0.1, 0.15) is 11.5 Å². The molecule has 9 heteroatoms. The molecule has 1 fully saturated rings. The minimum Gasteiger partial charge on any atom is -0.443 e. The molecule has 2 unspecified atom stereocenters. The van der Waals surface area contributed by atoms with E-state index in [1.165, 1.54) is 6.20 Å². The van der Waals surface area contributed by atoms with Crippen molar-refractivity contribution in [2.45, 2.75) is 25.0 Å². The fraction of sp³-hybridized carbons (Fsp3) is 0.312. The molecular formula is C16H17FN4O4. The van der Waals surface area contributed by atoms with Crippen LogP contribution in [0.2, 0.25) is 0 Å². The monoisotopic (exact) mass is 348 g/mol. The van der Waals surface area contributed by atoms with E-state index >= 15 is 0 Å². The van der Waals surface area contributed by atoms with Gasteiger partial charge in [0.2, 0.25) is 5.95 Å². The Bertz CT molecular complexity index is 795. The summed E-state index contributed by atoms with van der Waals surface area (Å²) in [6.07, 6.45) is -0.176. The number of nitrogens with zero attached hydrogens (tertiary/aromatic N) is 2. The molecule has 0 saturated carbocycles. The largest absolute Gasteiger partial charge is 0.443 e. The minimum absolute atomic E-state index is 0.0457. The number of amides is 2. The summed E-state index contributed by atoms with van der Waals surface area (Å²) in [5.74, 6) is -1.41. The average molecular weight is 348 g/mol. The molecule has 1 saturated heterocycles. The first-order chi connectivity index (χ1) is 11.9. The first-order valence-corrected chi connectivity index (χ1v) is 7.61. The van der Waals surface area contributed by atoms with Crippen LogP contribution < -0.4 is 10.7 Å². The molecular weight excluding hydrogens is 331 g/mol. The van der Waals surface area contributed by atoms with Crippen LogP contribution >= 0.6 is 0 Å². The maximum Gasteiger partial charge on any atom is 0.407 e. The van der Waals surface area contributed by atoms with Gasteiger partial charge in [0.25, 0.3) is 5.91 Å². The quantitative estimate of drug-likeness (QED) is 0.736. The number of aliphatic hydroxyl groups is 1. The van der Waals surface area contributed by atoms with E-state index in [1.807, 2.05) is 0 Å². The van der Waals surface area contributed by atoms with E-state index in [1.54, 1.807) is 37.3 Å². The highest BCUT2D eigenvalue weighted by atomic mass is 19.1. The highest BCUT2D eigenvalue weighted by Gasteiger charge is 2.48. The summed E-state index contributed by atoms with van der Waals surface area (Å²) in [5, 5.41) is 15.1. The van der Waals surface area contributed by atoms with Crippen LogP contribution in [0.1, 0.15) is 18.1 Å². The molecule has 1 aromatic carbocycles. The molecule has 2 aromatic rings. The Morgan fingerprint density at radius 1 is 1.52 bits per heavy atom. The second-order valence-corrected chi connectivity index (χ2v) is 5.83. The Morgan fingerprint density at radius 3 is 2.80 bits per heavy atom. The molecule has 2 atom stereocenters. The van der Waals surface area contributed by atoms with Gasteiger partial charge in [-0.1, -0.05) is 30.3 Å². The fourth-order valence-corrected chi connectivity index (χ4v) is 2.73. The van der Waals surface area contributed by atoms with E-state index in [0.717, 1.165) is 4.79 Å². The van der Waals surface area contributed by atoms with E-state index in [2.05, 4.69) is 15.8 Å². The lowest BCUT2D eigenvalue weighted by Gasteiger charge is -2.32. The second kappa shape index (κ2) is 6.52. The van der Waals surface area contributed by atoms with E-state index in [9.17, 15) is 14.0 Å². The maximum absolute atomic E-state index is 13.5. The summed E-state index contributed by atoms with van der Waals surface area (Å²) in [6.45, 7) is 1.25. The number of halogens is 1. The molecule has 0 spiro atoms. The fourth-order valence-electron chi connectivity index (χ4n) is 2.73. The minimum atomic E-state index is -1.23. The number of carbonyl (C=O) groups excluding carboxylic acids is 2. The highest BCUT2D eigenvalue weighted by molar-refractivity contribution is 5.95. The second-order valence-electron chi connectivity index (χ2n) is 5.83. The van der Waals surface area contributed by atoms with Crippen molar-refractivity contribution in [1.82, 2.24) is 15.2 Å². The molecule has 2 amide bonds. The van der Waals surface area contributed by atoms with E-state index in [-0.39, 0.29) is 12.1 Å². The van der Waals surface area contributed by atoms with Gasteiger partial charge < -0.3 is 15.2 Å². The number of benzene rings is 1. The van der Waals surface area contributed by atoms with Crippen molar-refractivity contribution in [3.63, 3.8) is 0 Å². The number of aliphatic hydroxyl groups excluding tert-OH is 1. The van der Waals surface area contributed by atoms with Crippen LogP contribution in [0.15, 0.2) is 36.5 Å². The van der Waals surface area contributed by atoms with Gasteiger partial charge in [0.05, 0.1) is 24.9 Å². The van der Waals surface area contributed by atoms with Gasteiger partial charge in [-0.15, -0.1) is 5.10 Å². The zero-order chi connectivity index (χ0) is 18.0. The third-order valence-corrected chi connectivity index (χ3v) is 4.30. The molecule has 0 aliphatic carbocycles.